The fraction of sp³-hybridized carbons (Fsp3) is 1.00. The predicted molar refractivity (Wildman–Crippen MR) is 38.2 cm³/mol. The Hall–Kier alpha value is -0.120. The highest BCUT2D eigenvalue weighted by atomic mass is 16.3. The third kappa shape index (κ3) is 4.39. The van der Waals surface area contributed by atoms with Crippen molar-refractivity contribution in [1.82, 2.24) is 5.32 Å². The Kier molecular flexibility index (Phi) is 5.93. The highest BCUT2D eigenvalue weighted by molar-refractivity contribution is 4.65. The van der Waals surface area contributed by atoms with E-state index < -0.39 is 0 Å². The number of rotatable bonds is 0. The van der Waals surface area contributed by atoms with E-state index in [2.05, 4.69) is 11.1 Å². The number of aliphatic hydroxyl groups excluding tert-OH is 1. The van der Waals surface area contributed by atoms with E-state index in [0.717, 1.165) is 25.9 Å². The fourth-order valence-corrected chi connectivity index (χ4v) is 0.807. The molecule has 1 heterocycles. The summed E-state index contributed by atoms with van der Waals surface area (Å²) in [5.74, 6) is 0. The second kappa shape index (κ2) is 6.01. The number of piperidine rings is 1. The minimum atomic E-state index is -0.0266. The van der Waals surface area contributed by atoms with Crippen LogP contribution < -0.4 is 11.1 Å². The third-order valence-corrected chi connectivity index (χ3v) is 1.31. The molecular formula is C6H16N2O. The number of aliphatic hydroxyl groups is 1. The molecule has 56 valence electrons. The summed E-state index contributed by atoms with van der Waals surface area (Å²) in [5, 5.41) is 12.0. The Bertz CT molecular complexity index is 53.0. The summed E-state index contributed by atoms with van der Waals surface area (Å²) in [6, 6.07) is 0. The van der Waals surface area contributed by atoms with Gasteiger partial charge in [-0.05, 0) is 33.0 Å². The van der Waals surface area contributed by atoms with Crippen LogP contribution in [-0.4, -0.2) is 31.3 Å². The summed E-state index contributed by atoms with van der Waals surface area (Å²) in [4.78, 5) is 0. The van der Waals surface area contributed by atoms with Crippen molar-refractivity contribution in [2.24, 2.45) is 5.73 Å². The molecule has 3 heteroatoms. The molecule has 0 unspecified atom stereocenters. The van der Waals surface area contributed by atoms with Crippen LogP contribution in [0.3, 0.4) is 0 Å². The molecule has 0 saturated carbocycles. The van der Waals surface area contributed by atoms with Crippen molar-refractivity contribution in [1.29, 1.82) is 0 Å². The van der Waals surface area contributed by atoms with Crippen molar-refractivity contribution in [3.05, 3.63) is 0 Å². The average molecular weight is 132 g/mol. The van der Waals surface area contributed by atoms with E-state index >= 15 is 0 Å². The van der Waals surface area contributed by atoms with Gasteiger partial charge < -0.3 is 16.2 Å². The Morgan fingerprint density at radius 3 is 2.00 bits per heavy atom. The molecule has 1 saturated heterocycles. The van der Waals surface area contributed by atoms with Crippen molar-refractivity contribution in [2.75, 3.05) is 20.1 Å². The molecule has 0 bridgehead atoms. The van der Waals surface area contributed by atoms with Gasteiger partial charge in [0, 0.05) is 0 Å². The zero-order chi connectivity index (χ0) is 7.11. The van der Waals surface area contributed by atoms with Gasteiger partial charge in [-0.1, -0.05) is 0 Å². The normalized spacial score (nSPS) is 20.3. The number of hydrogen-bond acceptors (Lipinski definition) is 3. The van der Waals surface area contributed by atoms with Gasteiger partial charge in [0.2, 0.25) is 0 Å². The Morgan fingerprint density at radius 2 is 1.78 bits per heavy atom. The Labute approximate surface area is 56.2 Å². The topological polar surface area (TPSA) is 58.3 Å². The van der Waals surface area contributed by atoms with Gasteiger partial charge in [0.05, 0.1) is 6.10 Å². The van der Waals surface area contributed by atoms with E-state index in [1.165, 1.54) is 7.05 Å². The van der Waals surface area contributed by atoms with E-state index in [-0.39, 0.29) is 6.10 Å². The monoisotopic (exact) mass is 132 g/mol. The highest BCUT2D eigenvalue weighted by Gasteiger charge is 2.06. The van der Waals surface area contributed by atoms with Crippen molar-refractivity contribution >= 4 is 0 Å². The lowest BCUT2D eigenvalue weighted by Crippen LogP contribution is -2.30. The van der Waals surface area contributed by atoms with Gasteiger partial charge in [-0.25, -0.2) is 0 Å². The van der Waals surface area contributed by atoms with Crippen LogP contribution in [0.2, 0.25) is 0 Å². The van der Waals surface area contributed by atoms with E-state index in [0.29, 0.717) is 0 Å². The van der Waals surface area contributed by atoms with Crippen LogP contribution in [0.5, 0.6) is 0 Å². The van der Waals surface area contributed by atoms with Gasteiger partial charge in [-0.3, -0.25) is 0 Å². The van der Waals surface area contributed by atoms with Crippen LogP contribution in [0, 0.1) is 0 Å². The molecule has 3 nitrogen and oxygen atoms in total. The van der Waals surface area contributed by atoms with E-state index in [1.54, 1.807) is 0 Å². The molecule has 9 heavy (non-hydrogen) atoms. The lowest BCUT2D eigenvalue weighted by atomic mass is 10.1. The number of nitrogens with one attached hydrogen (secondary N) is 1. The van der Waals surface area contributed by atoms with E-state index in [4.69, 9.17) is 5.11 Å². The molecule has 4 N–H and O–H groups in total. The SMILES string of the molecule is CN.OC1CCNCC1. The van der Waals surface area contributed by atoms with Crippen LogP contribution in [-0.2, 0) is 0 Å². The molecule has 0 aromatic rings. The molecule has 0 aromatic carbocycles. The van der Waals surface area contributed by atoms with Crippen LogP contribution in [0.25, 0.3) is 0 Å². The first kappa shape index (κ1) is 8.88. The molecule has 0 spiro atoms. The summed E-state index contributed by atoms with van der Waals surface area (Å²) < 4.78 is 0. The lowest BCUT2D eigenvalue weighted by molar-refractivity contribution is 0.137. The quantitative estimate of drug-likeness (QED) is 0.409. The van der Waals surface area contributed by atoms with E-state index in [1.807, 2.05) is 0 Å². The van der Waals surface area contributed by atoms with Crippen molar-refractivity contribution in [2.45, 2.75) is 18.9 Å². The first-order valence-corrected chi connectivity index (χ1v) is 3.36. The highest BCUT2D eigenvalue weighted by Crippen LogP contribution is 1.99. The largest absolute Gasteiger partial charge is 0.393 e. The first-order chi connectivity index (χ1) is 4.39. The zero-order valence-corrected chi connectivity index (χ0v) is 5.93. The average Bonchev–Trinajstić information content (AvgIpc) is 1.94. The summed E-state index contributed by atoms with van der Waals surface area (Å²) in [6.07, 6.45) is 1.83. The molecule has 1 aliphatic rings. The Morgan fingerprint density at radius 1 is 1.33 bits per heavy atom. The number of nitrogens with two attached hydrogens (primary N) is 1. The molecule has 1 aliphatic heterocycles. The molecule has 0 aliphatic carbocycles. The summed E-state index contributed by atoms with van der Waals surface area (Å²) in [6.45, 7) is 1.97. The molecule has 1 rings (SSSR count). The molecule has 0 aromatic heterocycles. The standard InChI is InChI=1S/C5H11NO.CH5N/c7-5-1-3-6-4-2-5;1-2/h5-7H,1-4H2;2H2,1H3. The second-order valence-electron chi connectivity index (χ2n) is 1.98. The minimum absolute atomic E-state index is 0.0266. The fourth-order valence-electron chi connectivity index (χ4n) is 0.807. The maximum absolute atomic E-state index is 8.87. The van der Waals surface area contributed by atoms with Crippen molar-refractivity contribution in [3.8, 4) is 0 Å². The van der Waals surface area contributed by atoms with Crippen LogP contribution in [0.4, 0.5) is 0 Å². The van der Waals surface area contributed by atoms with E-state index in [9.17, 15) is 0 Å². The van der Waals surface area contributed by atoms with Crippen LogP contribution >= 0.6 is 0 Å². The van der Waals surface area contributed by atoms with Crippen LogP contribution in [0.1, 0.15) is 12.8 Å². The minimum Gasteiger partial charge on any atom is -0.393 e. The lowest BCUT2D eigenvalue weighted by Gasteiger charge is -2.16. The maximum atomic E-state index is 8.87. The molecular weight excluding hydrogens is 116 g/mol. The summed E-state index contributed by atoms with van der Waals surface area (Å²) in [5.41, 5.74) is 4.50. The molecule has 0 amide bonds. The first-order valence-electron chi connectivity index (χ1n) is 3.36. The van der Waals surface area contributed by atoms with Gasteiger partial charge in [0.15, 0.2) is 0 Å². The van der Waals surface area contributed by atoms with Gasteiger partial charge in [0.1, 0.15) is 0 Å². The summed E-state index contributed by atoms with van der Waals surface area (Å²) in [7, 11) is 1.50. The maximum Gasteiger partial charge on any atom is 0.0564 e. The van der Waals surface area contributed by atoms with Crippen molar-refractivity contribution < 1.29 is 5.11 Å². The molecule has 1 fully saturated rings. The third-order valence-electron chi connectivity index (χ3n) is 1.31. The predicted octanol–water partition coefficient (Wildman–Crippen LogP) is -0.694. The summed E-state index contributed by atoms with van der Waals surface area (Å²) >= 11 is 0. The smallest absolute Gasteiger partial charge is 0.0564 e. The van der Waals surface area contributed by atoms with Crippen LogP contribution in [0.15, 0.2) is 0 Å². The Balaban J connectivity index is 0.000000291. The second-order valence-corrected chi connectivity index (χ2v) is 1.98. The zero-order valence-electron chi connectivity index (χ0n) is 5.93. The van der Waals surface area contributed by atoms with Gasteiger partial charge >= 0.3 is 0 Å². The number of hydrogen-bond donors (Lipinski definition) is 3. The molecule has 0 atom stereocenters. The van der Waals surface area contributed by atoms with Gasteiger partial charge in [0.25, 0.3) is 0 Å². The van der Waals surface area contributed by atoms with Gasteiger partial charge in [-0.2, -0.15) is 0 Å². The van der Waals surface area contributed by atoms with Gasteiger partial charge in [-0.15, -0.1) is 0 Å². The van der Waals surface area contributed by atoms with Crippen molar-refractivity contribution in [3.63, 3.8) is 0 Å². The molecule has 0 radical (unpaired) electrons.